The van der Waals surface area contributed by atoms with Crippen molar-refractivity contribution in [1.82, 2.24) is 15.5 Å². The van der Waals surface area contributed by atoms with Crippen LogP contribution < -0.4 is 5.32 Å². The van der Waals surface area contributed by atoms with E-state index in [1.165, 1.54) is 12.1 Å². The van der Waals surface area contributed by atoms with Crippen LogP contribution in [0.15, 0.2) is 28.7 Å². The number of H-pyrrole nitrogens is 1. The van der Waals surface area contributed by atoms with E-state index in [2.05, 4.69) is 31.4 Å². The Hall–Kier alpha value is -1.20. The molecule has 0 aliphatic carbocycles. The minimum absolute atomic E-state index is 0.245. The van der Waals surface area contributed by atoms with E-state index in [1.807, 2.05) is 7.05 Å². The maximum atomic E-state index is 12.8. The molecule has 1 heterocycles. The molecule has 0 aliphatic heterocycles. The third-order valence-corrected chi connectivity index (χ3v) is 3.10. The molecule has 0 spiro atoms. The van der Waals surface area contributed by atoms with Gasteiger partial charge in [0.1, 0.15) is 11.5 Å². The van der Waals surface area contributed by atoms with Crippen molar-refractivity contribution in [3.05, 3.63) is 40.2 Å². The summed E-state index contributed by atoms with van der Waals surface area (Å²) >= 11 is 3.48. The third-order valence-electron chi connectivity index (χ3n) is 2.25. The minimum atomic E-state index is -0.245. The number of aromatic nitrogens is 2. The standard InChI is InChI=1S/C11H11BrFN3/c1-14-6-9-10(12)11(16-15-9)7-2-4-8(13)5-3-7/h2-5,14H,6H2,1H3,(H,15,16). The van der Waals surface area contributed by atoms with Gasteiger partial charge in [0.15, 0.2) is 0 Å². The summed E-state index contributed by atoms with van der Waals surface area (Å²) in [6.07, 6.45) is 0. The molecule has 0 unspecified atom stereocenters. The summed E-state index contributed by atoms with van der Waals surface area (Å²) in [5.41, 5.74) is 2.65. The van der Waals surface area contributed by atoms with Crippen LogP contribution in [0.25, 0.3) is 11.3 Å². The van der Waals surface area contributed by atoms with Gasteiger partial charge < -0.3 is 5.32 Å². The number of rotatable bonds is 3. The molecule has 0 bridgehead atoms. The Morgan fingerprint density at radius 2 is 2.06 bits per heavy atom. The summed E-state index contributed by atoms with van der Waals surface area (Å²) < 4.78 is 13.7. The minimum Gasteiger partial charge on any atom is -0.314 e. The Balaban J connectivity index is 2.37. The highest BCUT2D eigenvalue weighted by atomic mass is 79.9. The Labute approximate surface area is 101 Å². The van der Waals surface area contributed by atoms with E-state index in [4.69, 9.17) is 0 Å². The van der Waals surface area contributed by atoms with Crippen LogP contribution >= 0.6 is 15.9 Å². The van der Waals surface area contributed by atoms with Crippen molar-refractivity contribution >= 4 is 15.9 Å². The molecule has 2 aromatic rings. The molecule has 1 aromatic heterocycles. The Kier molecular flexibility index (Phi) is 3.36. The van der Waals surface area contributed by atoms with Crippen LogP contribution in [0.2, 0.25) is 0 Å². The zero-order chi connectivity index (χ0) is 11.5. The van der Waals surface area contributed by atoms with Crippen molar-refractivity contribution in [1.29, 1.82) is 0 Å². The van der Waals surface area contributed by atoms with Gasteiger partial charge in [-0.05, 0) is 47.2 Å². The molecule has 1 aromatic carbocycles. The highest BCUT2D eigenvalue weighted by Crippen LogP contribution is 2.28. The first kappa shape index (κ1) is 11.3. The van der Waals surface area contributed by atoms with Crippen LogP contribution in [-0.4, -0.2) is 17.2 Å². The number of aromatic amines is 1. The van der Waals surface area contributed by atoms with E-state index in [1.54, 1.807) is 12.1 Å². The van der Waals surface area contributed by atoms with Gasteiger partial charge in [-0.1, -0.05) is 0 Å². The fraction of sp³-hybridized carbons (Fsp3) is 0.182. The van der Waals surface area contributed by atoms with Gasteiger partial charge in [0.2, 0.25) is 0 Å². The number of hydrogen-bond donors (Lipinski definition) is 2. The first-order valence-corrected chi connectivity index (χ1v) is 5.65. The fourth-order valence-electron chi connectivity index (χ4n) is 1.46. The maximum absolute atomic E-state index is 12.8. The molecule has 0 fully saturated rings. The number of benzene rings is 1. The van der Waals surface area contributed by atoms with Crippen molar-refractivity contribution in [3.8, 4) is 11.3 Å². The molecule has 16 heavy (non-hydrogen) atoms. The summed E-state index contributed by atoms with van der Waals surface area (Å²) in [5, 5.41) is 10.2. The van der Waals surface area contributed by atoms with Crippen molar-refractivity contribution in [3.63, 3.8) is 0 Å². The van der Waals surface area contributed by atoms with Crippen LogP contribution in [0, 0.1) is 5.82 Å². The molecule has 0 saturated heterocycles. The summed E-state index contributed by atoms with van der Waals surface area (Å²) in [4.78, 5) is 0. The van der Waals surface area contributed by atoms with E-state index in [0.29, 0.717) is 6.54 Å². The Morgan fingerprint density at radius 1 is 1.38 bits per heavy atom. The zero-order valence-corrected chi connectivity index (χ0v) is 10.3. The second-order valence-electron chi connectivity index (χ2n) is 3.40. The molecule has 0 atom stereocenters. The molecule has 0 saturated carbocycles. The molecule has 5 heteroatoms. The smallest absolute Gasteiger partial charge is 0.123 e. The summed E-state index contributed by atoms with van der Waals surface area (Å²) in [5.74, 6) is -0.245. The molecule has 3 nitrogen and oxygen atoms in total. The quantitative estimate of drug-likeness (QED) is 0.909. The van der Waals surface area contributed by atoms with Crippen LogP contribution in [0.5, 0.6) is 0 Å². The average Bonchev–Trinajstić information content (AvgIpc) is 2.63. The first-order valence-electron chi connectivity index (χ1n) is 4.85. The summed E-state index contributed by atoms with van der Waals surface area (Å²) in [6.45, 7) is 0.703. The molecular formula is C11H11BrFN3. The van der Waals surface area contributed by atoms with Gasteiger partial charge in [0, 0.05) is 12.1 Å². The lowest BCUT2D eigenvalue weighted by Gasteiger charge is -1.98. The molecular weight excluding hydrogens is 273 g/mol. The lowest BCUT2D eigenvalue weighted by atomic mass is 10.1. The lowest BCUT2D eigenvalue weighted by molar-refractivity contribution is 0.628. The Bertz CT molecular complexity index is 478. The summed E-state index contributed by atoms with van der Waals surface area (Å²) in [6, 6.07) is 6.27. The van der Waals surface area contributed by atoms with Gasteiger partial charge in [-0.25, -0.2) is 4.39 Å². The molecule has 2 N–H and O–H groups in total. The van der Waals surface area contributed by atoms with Crippen molar-refractivity contribution in [2.24, 2.45) is 0 Å². The van der Waals surface area contributed by atoms with E-state index in [-0.39, 0.29) is 5.82 Å². The average molecular weight is 284 g/mol. The van der Waals surface area contributed by atoms with E-state index >= 15 is 0 Å². The predicted molar refractivity (Wildman–Crippen MR) is 64.4 cm³/mol. The SMILES string of the molecule is CNCc1[nH]nc(-c2ccc(F)cc2)c1Br. The molecule has 84 valence electrons. The zero-order valence-electron chi connectivity index (χ0n) is 8.72. The van der Waals surface area contributed by atoms with Gasteiger partial charge in [-0.3, -0.25) is 5.10 Å². The number of nitrogens with zero attached hydrogens (tertiary/aromatic N) is 1. The van der Waals surface area contributed by atoms with Crippen molar-refractivity contribution < 1.29 is 4.39 Å². The highest BCUT2D eigenvalue weighted by Gasteiger charge is 2.11. The van der Waals surface area contributed by atoms with Crippen LogP contribution in [0.4, 0.5) is 4.39 Å². The molecule has 0 aliphatic rings. The Morgan fingerprint density at radius 3 is 2.69 bits per heavy atom. The van der Waals surface area contributed by atoms with Crippen LogP contribution in [0.3, 0.4) is 0 Å². The lowest BCUT2D eigenvalue weighted by Crippen LogP contribution is -2.05. The maximum Gasteiger partial charge on any atom is 0.123 e. The number of nitrogens with one attached hydrogen (secondary N) is 2. The van der Waals surface area contributed by atoms with Gasteiger partial charge in [0.25, 0.3) is 0 Å². The largest absolute Gasteiger partial charge is 0.314 e. The van der Waals surface area contributed by atoms with Crippen molar-refractivity contribution in [2.75, 3.05) is 7.05 Å². The number of hydrogen-bond acceptors (Lipinski definition) is 2. The normalized spacial score (nSPS) is 10.7. The van der Waals surface area contributed by atoms with Gasteiger partial charge in [-0.2, -0.15) is 5.10 Å². The van der Waals surface area contributed by atoms with Crippen LogP contribution in [-0.2, 0) is 6.54 Å². The van der Waals surface area contributed by atoms with Crippen LogP contribution in [0.1, 0.15) is 5.69 Å². The highest BCUT2D eigenvalue weighted by molar-refractivity contribution is 9.10. The van der Waals surface area contributed by atoms with Gasteiger partial charge in [0.05, 0.1) is 10.2 Å². The number of halogens is 2. The second kappa shape index (κ2) is 4.76. The van der Waals surface area contributed by atoms with Gasteiger partial charge in [-0.15, -0.1) is 0 Å². The fourth-order valence-corrected chi connectivity index (χ4v) is 2.00. The van der Waals surface area contributed by atoms with Crippen molar-refractivity contribution in [2.45, 2.75) is 6.54 Å². The summed E-state index contributed by atoms with van der Waals surface area (Å²) in [7, 11) is 1.87. The molecule has 0 radical (unpaired) electrons. The second-order valence-corrected chi connectivity index (χ2v) is 4.19. The molecule has 0 amide bonds. The topological polar surface area (TPSA) is 40.7 Å². The third kappa shape index (κ3) is 2.15. The van der Waals surface area contributed by atoms with E-state index in [0.717, 1.165) is 21.4 Å². The van der Waals surface area contributed by atoms with E-state index in [9.17, 15) is 4.39 Å². The molecule has 2 rings (SSSR count). The monoisotopic (exact) mass is 283 g/mol. The predicted octanol–water partition coefficient (Wildman–Crippen LogP) is 2.70. The van der Waals surface area contributed by atoms with E-state index < -0.39 is 0 Å². The van der Waals surface area contributed by atoms with Gasteiger partial charge >= 0.3 is 0 Å². The first-order chi connectivity index (χ1) is 7.72.